The van der Waals surface area contributed by atoms with Crippen molar-refractivity contribution in [1.29, 1.82) is 0 Å². The fourth-order valence-electron chi connectivity index (χ4n) is 1.43. The zero-order valence-corrected chi connectivity index (χ0v) is 13.0. The van der Waals surface area contributed by atoms with Crippen LogP contribution in [0.15, 0.2) is 40.9 Å². The molecule has 0 atom stereocenters. The van der Waals surface area contributed by atoms with Crippen LogP contribution in [0.2, 0.25) is 0 Å². The lowest BCUT2D eigenvalue weighted by atomic mass is 10.3. The molecule has 0 bridgehead atoms. The summed E-state index contributed by atoms with van der Waals surface area (Å²) >= 11 is 5.10. The number of hydrogen-bond donors (Lipinski definition) is 0. The molecule has 0 radical (unpaired) electrons. The van der Waals surface area contributed by atoms with Gasteiger partial charge in [-0.05, 0) is 46.9 Å². The van der Waals surface area contributed by atoms with E-state index in [-0.39, 0.29) is 17.2 Å². The first-order valence-electron chi connectivity index (χ1n) is 5.03. The third-order valence-electron chi connectivity index (χ3n) is 2.18. The zero-order valence-electron chi connectivity index (χ0n) is 9.27. The summed E-state index contributed by atoms with van der Waals surface area (Å²) in [5, 5.41) is 10.9. The van der Waals surface area contributed by atoms with Crippen molar-refractivity contribution in [3.8, 4) is 11.5 Å². The minimum Gasteiger partial charge on any atom is -0.450 e. The first kappa shape index (κ1) is 14.2. The summed E-state index contributed by atoms with van der Waals surface area (Å²) in [7, 11) is 0. The van der Waals surface area contributed by atoms with Crippen molar-refractivity contribution in [2.45, 2.75) is 0 Å². The maximum Gasteiger partial charge on any atom is 0.312 e. The molecule has 4 nitrogen and oxygen atoms in total. The van der Waals surface area contributed by atoms with Crippen LogP contribution in [-0.4, -0.2) is 4.92 Å². The van der Waals surface area contributed by atoms with E-state index in [1.54, 1.807) is 6.07 Å². The van der Waals surface area contributed by atoms with Gasteiger partial charge in [0.15, 0.2) is 0 Å². The Labute approximate surface area is 130 Å². The van der Waals surface area contributed by atoms with Gasteiger partial charge in [-0.25, -0.2) is 4.39 Å². The normalized spacial score (nSPS) is 10.3. The molecule has 7 heteroatoms. The highest BCUT2D eigenvalue weighted by molar-refractivity contribution is 14.1. The van der Waals surface area contributed by atoms with Crippen LogP contribution in [0.1, 0.15) is 0 Å². The molecule has 0 saturated heterocycles. The maximum atomic E-state index is 13.2. The molecule has 0 saturated carbocycles. The number of nitrogens with zero attached hydrogens (tertiary/aromatic N) is 1. The second-order valence-electron chi connectivity index (χ2n) is 3.58. The molecule has 2 aromatic carbocycles. The zero-order chi connectivity index (χ0) is 14.0. The molecular formula is C12H6BrFINO3. The Hall–Kier alpha value is -1.22. The van der Waals surface area contributed by atoms with Gasteiger partial charge in [0.2, 0.25) is 5.75 Å². The van der Waals surface area contributed by atoms with Crippen molar-refractivity contribution in [2.24, 2.45) is 0 Å². The monoisotopic (exact) mass is 437 g/mol. The molecule has 0 aliphatic rings. The molecule has 0 spiro atoms. The lowest BCUT2D eigenvalue weighted by Crippen LogP contribution is -1.94. The minimum absolute atomic E-state index is 0.0721. The van der Waals surface area contributed by atoms with Crippen molar-refractivity contribution in [3.05, 3.63) is 60.4 Å². The van der Waals surface area contributed by atoms with Crippen LogP contribution in [0.5, 0.6) is 11.5 Å². The molecule has 98 valence electrons. The van der Waals surface area contributed by atoms with Crippen molar-refractivity contribution < 1.29 is 14.1 Å². The van der Waals surface area contributed by atoms with E-state index in [0.717, 1.165) is 9.64 Å². The van der Waals surface area contributed by atoms with Gasteiger partial charge in [0.05, 0.1) is 4.92 Å². The Morgan fingerprint density at radius 3 is 2.63 bits per heavy atom. The average Bonchev–Trinajstić information content (AvgIpc) is 2.30. The van der Waals surface area contributed by atoms with E-state index in [4.69, 9.17) is 4.74 Å². The minimum atomic E-state index is -0.536. The Kier molecular flexibility index (Phi) is 4.35. The fourth-order valence-corrected chi connectivity index (χ4v) is 2.35. The van der Waals surface area contributed by atoms with Gasteiger partial charge in [-0.3, -0.25) is 10.1 Å². The van der Waals surface area contributed by atoms with E-state index in [2.05, 4.69) is 15.9 Å². The van der Waals surface area contributed by atoms with Crippen LogP contribution < -0.4 is 4.74 Å². The van der Waals surface area contributed by atoms with Crippen molar-refractivity contribution in [1.82, 2.24) is 0 Å². The molecular weight excluding hydrogens is 432 g/mol. The Balaban J connectivity index is 2.40. The summed E-state index contributed by atoms with van der Waals surface area (Å²) in [6, 6.07) is 8.52. The number of benzene rings is 2. The van der Waals surface area contributed by atoms with Crippen LogP contribution in [0.4, 0.5) is 10.1 Å². The number of nitro benzene ring substituents is 1. The van der Waals surface area contributed by atoms with Gasteiger partial charge >= 0.3 is 5.69 Å². The lowest BCUT2D eigenvalue weighted by molar-refractivity contribution is -0.385. The van der Waals surface area contributed by atoms with Gasteiger partial charge in [-0.15, -0.1) is 0 Å². The predicted molar refractivity (Wildman–Crippen MR) is 80.0 cm³/mol. The quantitative estimate of drug-likeness (QED) is 0.390. The standard InChI is InChI=1S/C12H6BrFINO3/c13-7-3-8(14)5-10(4-7)19-12-2-1-9(15)6-11(12)16(17)18/h1-6H. The second-order valence-corrected chi connectivity index (χ2v) is 5.74. The summed E-state index contributed by atoms with van der Waals surface area (Å²) in [6.45, 7) is 0. The summed E-state index contributed by atoms with van der Waals surface area (Å²) in [4.78, 5) is 10.4. The van der Waals surface area contributed by atoms with E-state index in [1.165, 1.54) is 24.3 Å². The van der Waals surface area contributed by atoms with Gasteiger partial charge in [0.1, 0.15) is 11.6 Å². The molecule has 2 rings (SSSR count). The summed E-state index contributed by atoms with van der Waals surface area (Å²) < 4.78 is 19.8. The van der Waals surface area contributed by atoms with Gasteiger partial charge in [0, 0.05) is 20.2 Å². The molecule has 0 heterocycles. The number of ether oxygens (including phenoxy) is 1. The van der Waals surface area contributed by atoms with Gasteiger partial charge in [0.25, 0.3) is 0 Å². The molecule has 19 heavy (non-hydrogen) atoms. The smallest absolute Gasteiger partial charge is 0.312 e. The molecule has 0 N–H and O–H groups in total. The van der Waals surface area contributed by atoms with Crippen molar-refractivity contribution in [3.63, 3.8) is 0 Å². The van der Waals surface area contributed by atoms with Gasteiger partial charge in [-0.1, -0.05) is 15.9 Å². The van der Waals surface area contributed by atoms with Gasteiger partial charge < -0.3 is 4.74 Å². The Morgan fingerprint density at radius 1 is 1.26 bits per heavy atom. The van der Waals surface area contributed by atoms with E-state index < -0.39 is 10.7 Å². The van der Waals surface area contributed by atoms with Crippen LogP contribution in [0.25, 0.3) is 0 Å². The molecule has 0 amide bonds. The van der Waals surface area contributed by atoms with Crippen LogP contribution in [0, 0.1) is 19.5 Å². The van der Waals surface area contributed by atoms with Crippen molar-refractivity contribution in [2.75, 3.05) is 0 Å². The SMILES string of the molecule is O=[N+]([O-])c1cc(I)ccc1Oc1cc(F)cc(Br)c1. The number of nitro groups is 1. The highest BCUT2D eigenvalue weighted by Gasteiger charge is 2.16. The second kappa shape index (κ2) is 5.83. The Bertz CT molecular complexity index is 631. The van der Waals surface area contributed by atoms with E-state index in [0.29, 0.717) is 4.47 Å². The van der Waals surface area contributed by atoms with E-state index >= 15 is 0 Å². The molecule has 0 fully saturated rings. The summed E-state index contributed by atoms with van der Waals surface area (Å²) in [6.07, 6.45) is 0. The predicted octanol–water partition coefficient (Wildman–Crippen LogP) is 4.89. The van der Waals surface area contributed by atoms with Crippen LogP contribution in [0.3, 0.4) is 0 Å². The summed E-state index contributed by atoms with van der Waals surface area (Å²) in [5.41, 5.74) is -0.160. The van der Waals surface area contributed by atoms with E-state index in [1.807, 2.05) is 22.6 Å². The first-order chi connectivity index (χ1) is 8.95. The highest BCUT2D eigenvalue weighted by atomic mass is 127. The van der Waals surface area contributed by atoms with Gasteiger partial charge in [-0.2, -0.15) is 0 Å². The lowest BCUT2D eigenvalue weighted by Gasteiger charge is -2.07. The summed E-state index contributed by atoms with van der Waals surface area (Å²) in [5.74, 6) is -0.225. The third-order valence-corrected chi connectivity index (χ3v) is 3.31. The number of rotatable bonds is 3. The average molecular weight is 438 g/mol. The molecule has 0 aliphatic carbocycles. The van der Waals surface area contributed by atoms with E-state index in [9.17, 15) is 14.5 Å². The topological polar surface area (TPSA) is 52.4 Å². The van der Waals surface area contributed by atoms with Crippen molar-refractivity contribution >= 4 is 44.2 Å². The highest BCUT2D eigenvalue weighted by Crippen LogP contribution is 2.33. The molecule has 0 aromatic heterocycles. The molecule has 0 aliphatic heterocycles. The maximum absolute atomic E-state index is 13.2. The third kappa shape index (κ3) is 3.63. The van der Waals surface area contributed by atoms with Crippen LogP contribution in [-0.2, 0) is 0 Å². The number of halogens is 3. The first-order valence-corrected chi connectivity index (χ1v) is 6.91. The largest absolute Gasteiger partial charge is 0.450 e. The Morgan fingerprint density at radius 2 is 2.00 bits per heavy atom. The fraction of sp³-hybridized carbons (Fsp3) is 0. The molecule has 2 aromatic rings. The van der Waals surface area contributed by atoms with Crippen LogP contribution >= 0.6 is 38.5 Å². The number of hydrogen-bond acceptors (Lipinski definition) is 3. The molecule has 0 unspecified atom stereocenters.